The molecule has 1 N–H and O–H groups in total. The summed E-state index contributed by atoms with van der Waals surface area (Å²) in [4.78, 5) is 15.6. The van der Waals surface area contributed by atoms with Crippen LogP contribution < -0.4 is 14.2 Å². The standard InChI is InChI=1S/C23H20ClNO5/c1-15(23(26)27)29-22-16(6-5-9-21(22)28-2)14-25-17-10-12-18(13-11-17)30-20-8-4-3-7-19(20)24/h3-15H,1-2H3,(H,26,27)/t15-/m0/s1. The molecule has 0 aromatic heterocycles. The third-order valence-electron chi connectivity index (χ3n) is 4.13. The zero-order valence-electron chi connectivity index (χ0n) is 16.4. The van der Waals surface area contributed by atoms with E-state index in [1.807, 2.05) is 12.1 Å². The van der Waals surface area contributed by atoms with Crippen molar-refractivity contribution in [3.63, 3.8) is 0 Å². The van der Waals surface area contributed by atoms with Crippen LogP contribution in [0.1, 0.15) is 12.5 Å². The fourth-order valence-corrected chi connectivity index (χ4v) is 2.72. The van der Waals surface area contributed by atoms with Gasteiger partial charge in [-0.1, -0.05) is 29.8 Å². The maximum absolute atomic E-state index is 11.2. The van der Waals surface area contributed by atoms with Gasteiger partial charge in [-0.3, -0.25) is 4.99 Å². The molecule has 0 saturated carbocycles. The number of aliphatic imine (C=N–C) groups is 1. The van der Waals surface area contributed by atoms with Crippen molar-refractivity contribution in [2.75, 3.05) is 7.11 Å². The molecule has 0 aliphatic carbocycles. The summed E-state index contributed by atoms with van der Waals surface area (Å²) in [5.74, 6) is 0.870. The minimum absolute atomic E-state index is 0.317. The predicted octanol–water partition coefficient (Wildman–Crippen LogP) is 5.74. The summed E-state index contributed by atoms with van der Waals surface area (Å²) in [5.41, 5.74) is 1.28. The molecule has 30 heavy (non-hydrogen) atoms. The Morgan fingerprint density at radius 2 is 1.73 bits per heavy atom. The van der Waals surface area contributed by atoms with Crippen molar-refractivity contribution in [1.82, 2.24) is 0 Å². The van der Waals surface area contributed by atoms with Gasteiger partial charge in [0.25, 0.3) is 0 Å². The van der Waals surface area contributed by atoms with Gasteiger partial charge < -0.3 is 19.3 Å². The zero-order chi connectivity index (χ0) is 21.5. The van der Waals surface area contributed by atoms with E-state index in [0.29, 0.717) is 39.3 Å². The fourth-order valence-electron chi connectivity index (χ4n) is 2.55. The predicted molar refractivity (Wildman–Crippen MR) is 116 cm³/mol. The fraction of sp³-hybridized carbons (Fsp3) is 0.130. The smallest absolute Gasteiger partial charge is 0.344 e. The summed E-state index contributed by atoms with van der Waals surface area (Å²) in [5, 5.41) is 9.66. The van der Waals surface area contributed by atoms with Crippen LogP contribution in [0.2, 0.25) is 5.02 Å². The van der Waals surface area contributed by atoms with Gasteiger partial charge in [-0.05, 0) is 55.5 Å². The molecule has 6 nitrogen and oxygen atoms in total. The van der Waals surface area contributed by atoms with E-state index in [0.717, 1.165) is 0 Å². The molecule has 7 heteroatoms. The van der Waals surface area contributed by atoms with Crippen LogP contribution in [-0.2, 0) is 4.79 Å². The quantitative estimate of drug-likeness (QED) is 0.465. The van der Waals surface area contributed by atoms with Crippen LogP contribution in [-0.4, -0.2) is 30.5 Å². The number of carboxylic acid groups (broad SMARTS) is 1. The molecule has 3 aromatic rings. The molecule has 1 atom stereocenters. The Hall–Kier alpha value is -3.51. The van der Waals surface area contributed by atoms with Crippen molar-refractivity contribution in [1.29, 1.82) is 0 Å². The van der Waals surface area contributed by atoms with Crippen molar-refractivity contribution in [3.05, 3.63) is 77.3 Å². The lowest BCUT2D eigenvalue weighted by molar-refractivity contribution is -0.144. The number of para-hydroxylation sites is 2. The second kappa shape index (κ2) is 9.80. The largest absolute Gasteiger partial charge is 0.493 e. The second-order valence-corrected chi connectivity index (χ2v) is 6.67. The monoisotopic (exact) mass is 425 g/mol. The molecule has 3 rings (SSSR count). The molecule has 0 fully saturated rings. The van der Waals surface area contributed by atoms with Gasteiger partial charge >= 0.3 is 5.97 Å². The van der Waals surface area contributed by atoms with Gasteiger partial charge in [-0.2, -0.15) is 0 Å². The molecule has 0 bridgehead atoms. The van der Waals surface area contributed by atoms with Crippen molar-refractivity contribution in [3.8, 4) is 23.0 Å². The van der Waals surface area contributed by atoms with Crippen LogP contribution in [0.5, 0.6) is 23.0 Å². The average Bonchev–Trinajstić information content (AvgIpc) is 2.75. The normalized spacial score (nSPS) is 11.8. The lowest BCUT2D eigenvalue weighted by atomic mass is 10.2. The molecule has 0 saturated heterocycles. The summed E-state index contributed by atoms with van der Waals surface area (Å²) in [6.45, 7) is 1.45. The van der Waals surface area contributed by atoms with E-state index in [1.54, 1.807) is 60.8 Å². The number of methoxy groups -OCH3 is 1. The van der Waals surface area contributed by atoms with Crippen LogP contribution in [0.4, 0.5) is 5.69 Å². The van der Waals surface area contributed by atoms with Gasteiger partial charge in [0.2, 0.25) is 0 Å². The molecule has 0 heterocycles. The number of halogens is 1. The summed E-state index contributed by atoms with van der Waals surface area (Å²) < 4.78 is 16.6. The Morgan fingerprint density at radius 1 is 1.03 bits per heavy atom. The maximum atomic E-state index is 11.2. The van der Waals surface area contributed by atoms with E-state index in [4.69, 9.17) is 30.9 Å². The summed E-state index contributed by atoms with van der Waals surface area (Å²) in [6.07, 6.45) is 0.561. The highest BCUT2D eigenvalue weighted by atomic mass is 35.5. The average molecular weight is 426 g/mol. The van der Waals surface area contributed by atoms with Gasteiger partial charge in [0.1, 0.15) is 11.5 Å². The number of carbonyl (C=O) groups is 1. The van der Waals surface area contributed by atoms with Crippen molar-refractivity contribution < 1.29 is 24.1 Å². The van der Waals surface area contributed by atoms with Crippen LogP contribution in [0.25, 0.3) is 0 Å². The molecule has 0 aliphatic heterocycles. The first-order valence-electron chi connectivity index (χ1n) is 9.11. The van der Waals surface area contributed by atoms with Crippen LogP contribution in [0, 0.1) is 0 Å². The molecular formula is C23H20ClNO5. The number of rotatable bonds is 8. The number of nitrogens with zero attached hydrogens (tertiary/aromatic N) is 1. The Bertz CT molecular complexity index is 1050. The highest BCUT2D eigenvalue weighted by Crippen LogP contribution is 2.32. The van der Waals surface area contributed by atoms with E-state index < -0.39 is 12.1 Å². The first-order valence-corrected chi connectivity index (χ1v) is 9.48. The number of hydrogen-bond donors (Lipinski definition) is 1. The Kier molecular flexibility index (Phi) is 6.93. The van der Waals surface area contributed by atoms with Gasteiger partial charge in [-0.25, -0.2) is 4.79 Å². The minimum Gasteiger partial charge on any atom is -0.493 e. The molecule has 0 radical (unpaired) electrons. The topological polar surface area (TPSA) is 77.3 Å². The Labute approximate surface area is 179 Å². The molecule has 3 aromatic carbocycles. The van der Waals surface area contributed by atoms with Gasteiger partial charge in [-0.15, -0.1) is 0 Å². The summed E-state index contributed by atoms with van der Waals surface area (Å²) >= 11 is 6.11. The first-order chi connectivity index (χ1) is 14.5. The number of aliphatic carboxylic acids is 1. The number of carboxylic acids is 1. The molecular weight excluding hydrogens is 406 g/mol. The molecule has 0 aliphatic rings. The summed E-state index contributed by atoms with van der Waals surface area (Å²) in [7, 11) is 1.49. The molecule has 154 valence electrons. The lowest BCUT2D eigenvalue weighted by Gasteiger charge is -2.15. The number of hydrogen-bond acceptors (Lipinski definition) is 5. The van der Waals surface area contributed by atoms with Crippen LogP contribution in [0.3, 0.4) is 0 Å². The highest BCUT2D eigenvalue weighted by molar-refractivity contribution is 6.32. The van der Waals surface area contributed by atoms with Crippen molar-refractivity contribution in [2.24, 2.45) is 4.99 Å². The van der Waals surface area contributed by atoms with Gasteiger partial charge in [0.05, 0.1) is 17.8 Å². The van der Waals surface area contributed by atoms with Gasteiger partial charge in [0, 0.05) is 11.8 Å². The van der Waals surface area contributed by atoms with Gasteiger partial charge in [0.15, 0.2) is 17.6 Å². The van der Waals surface area contributed by atoms with E-state index in [-0.39, 0.29) is 0 Å². The Morgan fingerprint density at radius 3 is 2.40 bits per heavy atom. The van der Waals surface area contributed by atoms with E-state index in [1.165, 1.54) is 14.0 Å². The van der Waals surface area contributed by atoms with Crippen molar-refractivity contribution in [2.45, 2.75) is 13.0 Å². The SMILES string of the molecule is COc1cccc(C=Nc2ccc(Oc3ccccc3Cl)cc2)c1O[C@@H](C)C(=O)O. The summed E-state index contributed by atoms with van der Waals surface area (Å²) in [6, 6.07) is 19.6. The van der Waals surface area contributed by atoms with Crippen LogP contribution in [0.15, 0.2) is 71.7 Å². The Balaban J connectivity index is 1.78. The zero-order valence-corrected chi connectivity index (χ0v) is 17.2. The third kappa shape index (κ3) is 5.30. The van der Waals surface area contributed by atoms with Crippen molar-refractivity contribution >= 4 is 29.5 Å². The van der Waals surface area contributed by atoms with E-state index in [9.17, 15) is 4.79 Å². The van der Waals surface area contributed by atoms with E-state index in [2.05, 4.69) is 4.99 Å². The minimum atomic E-state index is -1.07. The second-order valence-electron chi connectivity index (χ2n) is 6.26. The lowest BCUT2D eigenvalue weighted by Crippen LogP contribution is -2.23. The maximum Gasteiger partial charge on any atom is 0.344 e. The molecule has 0 unspecified atom stereocenters. The molecule has 0 amide bonds. The number of ether oxygens (including phenoxy) is 3. The molecule has 0 spiro atoms. The first kappa shape index (κ1) is 21.2. The van der Waals surface area contributed by atoms with Crippen LogP contribution >= 0.6 is 11.6 Å². The third-order valence-corrected chi connectivity index (χ3v) is 4.44. The highest BCUT2D eigenvalue weighted by Gasteiger charge is 2.17. The van der Waals surface area contributed by atoms with E-state index >= 15 is 0 Å². The number of benzene rings is 3.